The number of nitrogens with one attached hydrogen (secondary N) is 1. The predicted octanol–water partition coefficient (Wildman–Crippen LogP) is 4.25. The van der Waals surface area contributed by atoms with E-state index in [0.29, 0.717) is 11.6 Å². The summed E-state index contributed by atoms with van der Waals surface area (Å²) in [4.78, 5) is 12.1. The SMILES string of the molecule is CCC(Oc1ccccc1)c1nnc(NC(=O)Cc2ccccc2)s1. The Kier molecular flexibility index (Phi) is 5.74. The number of benzene rings is 2. The summed E-state index contributed by atoms with van der Waals surface area (Å²) in [6.45, 7) is 2.03. The lowest BCUT2D eigenvalue weighted by Gasteiger charge is -2.14. The minimum absolute atomic E-state index is 0.106. The quantitative estimate of drug-likeness (QED) is 0.690. The van der Waals surface area contributed by atoms with E-state index in [0.717, 1.165) is 22.7 Å². The van der Waals surface area contributed by atoms with Gasteiger partial charge < -0.3 is 10.1 Å². The Labute approximate surface area is 150 Å². The summed E-state index contributed by atoms with van der Waals surface area (Å²) < 4.78 is 5.96. The van der Waals surface area contributed by atoms with E-state index in [4.69, 9.17) is 4.74 Å². The molecule has 0 saturated heterocycles. The number of amides is 1. The van der Waals surface area contributed by atoms with Gasteiger partial charge in [-0.1, -0.05) is 66.8 Å². The molecule has 3 rings (SSSR count). The van der Waals surface area contributed by atoms with E-state index in [1.54, 1.807) is 0 Å². The minimum Gasteiger partial charge on any atom is -0.483 e. The van der Waals surface area contributed by atoms with E-state index < -0.39 is 0 Å². The van der Waals surface area contributed by atoms with Gasteiger partial charge in [0.15, 0.2) is 11.1 Å². The van der Waals surface area contributed by atoms with Crippen molar-refractivity contribution in [3.05, 3.63) is 71.2 Å². The van der Waals surface area contributed by atoms with Gasteiger partial charge in [-0.15, -0.1) is 10.2 Å². The summed E-state index contributed by atoms with van der Waals surface area (Å²) in [5, 5.41) is 12.3. The van der Waals surface area contributed by atoms with Crippen LogP contribution in [0.4, 0.5) is 5.13 Å². The molecular formula is C19H19N3O2S. The molecule has 0 radical (unpaired) electrons. The van der Waals surface area contributed by atoms with Gasteiger partial charge >= 0.3 is 0 Å². The Morgan fingerprint density at radius 1 is 1.08 bits per heavy atom. The number of anilines is 1. The average Bonchev–Trinajstić information content (AvgIpc) is 3.09. The Balaban J connectivity index is 1.61. The number of ether oxygens (including phenoxy) is 1. The van der Waals surface area contributed by atoms with Gasteiger partial charge in [0.1, 0.15) is 5.75 Å². The van der Waals surface area contributed by atoms with Gasteiger partial charge in [-0.3, -0.25) is 4.79 Å². The van der Waals surface area contributed by atoms with E-state index in [1.807, 2.05) is 67.6 Å². The fourth-order valence-electron chi connectivity index (χ4n) is 2.33. The van der Waals surface area contributed by atoms with Crippen LogP contribution in [0.3, 0.4) is 0 Å². The zero-order chi connectivity index (χ0) is 17.5. The molecule has 1 atom stereocenters. The fraction of sp³-hybridized carbons (Fsp3) is 0.211. The van der Waals surface area contributed by atoms with Crippen LogP contribution < -0.4 is 10.1 Å². The number of hydrogen-bond acceptors (Lipinski definition) is 5. The zero-order valence-electron chi connectivity index (χ0n) is 13.9. The fourth-order valence-corrected chi connectivity index (χ4v) is 3.20. The molecule has 0 aliphatic carbocycles. The molecule has 5 nitrogen and oxygen atoms in total. The molecule has 1 amide bonds. The Morgan fingerprint density at radius 2 is 1.76 bits per heavy atom. The van der Waals surface area contributed by atoms with Crippen molar-refractivity contribution >= 4 is 22.4 Å². The number of aromatic nitrogens is 2. The molecule has 1 aromatic heterocycles. The summed E-state index contributed by atoms with van der Waals surface area (Å²) in [6.07, 6.45) is 0.897. The van der Waals surface area contributed by atoms with Crippen LogP contribution in [0.15, 0.2) is 60.7 Å². The summed E-state index contributed by atoms with van der Waals surface area (Å²) in [6, 6.07) is 19.2. The average molecular weight is 353 g/mol. The molecule has 128 valence electrons. The number of hydrogen-bond donors (Lipinski definition) is 1. The molecule has 6 heteroatoms. The van der Waals surface area contributed by atoms with Crippen LogP contribution in [0.25, 0.3) is 0 Å². The van der Waals surface area contributed by atoms with Crippen molar-refractivity contribution in [1.82, 2.24) is 10.2 Å². The van der Waals surface area contributed by atoms with Crippen molar-refractivity contribution in [3.8, 4) is 5.75 Å². The summed E-state index contributed by atoms with van der Waals surface area (Å²) in [5.41, 5.74) is 0.962. The first-order valence-electron chi connectivity index (χ1n) is 8.13. The summed E-state index contributed by atoms with van der Waals surface area (Å²) in [7, 11) is 0. The van der Waals surface area contributed by atoms with Crippen LogP contribution in [-0.4, -0.2) is 16.1 Å². The van der Waals surface area contributed by atoms with Crippen molar-refractivity contribution in [2.45, 2.75) is 25.9 Å². The summed E-state index contributed by atoms with van der Waals surface area (Å²) in [5.74, 6) is 0.685. The second-order valence-electron chi connectivity index (χ2n) is 5.48. The highest BCUT2D eigenvalue weighted by molar-refractivity contribution is 7.15. The predicted molar refractivity (Wildman–Crippen MR) is 98.8 cm³/mol. The van der Waals surface area contributed by atoms with Crippen LogP contribution in [0.1, 0.15) is 30.0 Å². The van der Waals surface area contributed by atoms with E-state index in [-0.39, 0.29) is 12.0 Å². The molecule has 0 bridgehead atoms. The highest BCUT2D eigenvalue weighted by Crippen LogP contribution is 2.28. The monoisotopic (exact) mass is 353 g/mol. The van der Waals surface area contributed by atoms with Gasteiger partial charge in [-0.05, 0) is 24.1 Å². The molecule has 1 heterocycles. The Bertz CT molecular complexity index is 806. The molecule has 0 spiro atoms. The molecule has 1 unspecified atom stereocenters. The number of nitrogens with zero attached hydrogens (tertiary/aromatic N) is 2. The second-order valence-corrected chi connectivity index (χ2v) is 6.49. The topological polar surface area (TPSA) is 64.1 Å². The highest BCUT2D eigenvalue weighted by atomic mass is 32.1. The maximum Gasteiger partial charge on any atom is 0.230 e. The normalized spacial score (nSPS) is 11.7. The van der Waals surface area contributed by atoms with Gasteiger partial charge in [-0.2, -0.15) is 0 Å². The standard InChI is InChI=1S/C19H19N3O2S/c1-2-16(24-15-11-7-4-8-12-15)18-21-22-19(25-18)20-17(23)13-14-9-5-3-6-10-14/h3-12,16H,2,13H2,1H3,(H,20,22,23). The van der Waals surface area contributed by atoms with Gasteiger partial charge in [0.25, 0.3) is 0 Å². The maximum absolute atomic E-state index is 12.1. The van der Waals surface area contributed by atoms with Crippen molar-refractivity contribution in [2.24, 2.45) is 0 Å². The molecule has 1 N–H and O–H groups in total. The van der Waals surface area contributed by atoms with Crippen LogP contribution in [-0.2, 0) is 11.2 Å². The smallest absolute Gasteiger partial charge is 0.230 e. The number of carbonyl (C=O) groups excluding carboxylic acids is 1. The van der Waals surface area contributed by atoms with Gasteiger partial charge in [-0.25, -0.2) is 0 Å². The van der Waals surface area contributed by atoms with Crippen molar-refractivity contribution in [3.63, 3.8) is 0 Å². The first-order valence-corrected chi connectivity index (χ1v) is 8.95. The molecule has 25 heavy (non-hydrogen) atoms. The van der Waals surface area contributed by atoms with Crippen LogP contribution in [0, 0.1) is 0 Å². The summed E-state index contributed by atoms with van der Waals surface area (Å²) >= 11 is 1.34. The number of para-hydroxylation sites is 1. The third-order valence-corrected chi connectivity index (χ3v) is 4.49. The highest BCUT2D eigenvalue weighted by Gasteiger charge is 2.18. The maximum atomic E-state index is 12.1. The molecule has 0 aliphatic heterocycles. The van der Waals surface area contributed by atoms with Crippen molar-refractivity contribution < 1.29 is 9.53 Å². The lowest BCUT2D eigenvalue weighted by molar-refractivity contribution is -0.115. The molecule has 0 aliphatic rings. The molecule has 2 aromatic carbocycles. The van der Waals surface area contributed by atoms with E-state index in [2.05, 4.69) is 15.5 Å². The third kappa shape index (κ3) is 4.87. The Morgan fingerprint density at radius 3 is 2.44 bits per heavy atom. The lowest BCUT2D eigenvalue weighted by atomic mass is 10.1. The van der Waals surface area contributed by atoms with E-state index >= 15 is 0 Å². The lowest BCUT2D eigenvalue weighted by Crippen LogP contribution is -2.14. The molecular weight excluding hydrogens is 334 g/mol. The molecule has 0 fully saturated rings. The van der Waals surface area contributed by atoms with Gasteiger partial charge in [0.2, 0.25) is 11.0 Å². The van der Waals surface area contributed by atoms with Gasteiger partial charge in [0, 0.05) is 0 Å². The first kappa shape index (κ1) is 17.1. The number of rotatable bonds is 7. The largest absolute Gasteiger partial charge is 0.483 e. The Hall–Kier alpha value is -2.73. The third-order valence-electron chi connectivity index (χ3n) is 3.56. The van der Waals surface area contributed by atoms with Crippen LogP contribution in [0.2, 0.25) is 0 Å². The van der Waals surface area contributed by atoms with Gasteiger partial charge in [0.05, 0.1) is 6.42 Å². The minimum atomic E-state index is -0.181. The second kappa shape index (κ2) is 8.39. The van der Waals surface area contributed by atoms with E-state index in [1.165, 1.54) is 11.3 Å². The van der Waals surface area contributed by atoms with Crippen molar-refractivity contribution in [1.29, 1.82) is 0 Å². The van der Waals surface area contributed by atoms with Crippen LogP contribution in [0.5, 0.6) is 5.75 Å². The molecule has 3 aromatic rings. The number of carbonyl (C=O) groups is 1. The van der Waals surface area contributed by atoms with Crippen LogP contribution >= 0.6 is 11.3 Å². The zero-order valence-corrected chi connectivity index (χ0v) is 14.7. The van der Waals surface area contributed by atoms with E-state index in [9.17, 15) is 4.79 Å². The molecule has 0 saturated carbocycles. The van der Waals surface area contributed by atoms with Crippen molar-refractivity contribution in [2.75, 3.05) is 5.32 Å². The first-order chi connectivity index (χ1) is 12.2.